The summed E-state index contributed by atoms with van der Waals surface area (Å²) in [5.41, 5.74) is 10.9. The first-order valence-electron chi connectivity index (χ1n) is 22.1. The number of ether oxygens (including phenoxy) is 4. The number of aromatic nitrogens is 7. The van der Waals surface area contributed by atoms with Gasteiger partial charge in [0, 0.05) is 55.0 Å². The van der Waals surface area contributed by atoms with Crippen LogP contribution in [-0.4, -0.2) is 133 Å². The standard InChI is InChI=1S/C46H50N12O8/c47-42-40-41(30-11-13-33(14-12-30)66-32-7-2-1-3-8-32)53-58(43(40)50-29-49-42)31-6-5-18-55(26-31)46(62)37-28-56(54-52-37)19-21-64-23-25-65-24-22-63-20-17-48-36-10-4-9-34-35(36)27-57(45(34)61)38-15-16-39(59)51-44(38)60/h1-4,7-14,28-29,31,38,48H,5-6,15-27H2,(H2,47,49,50)(H,51,59,60)/t31-,38?/m1/s1. The van der Waals surface area contributed by atoms with Gasteiger partial charge in [-0.15, -0.1) is 5.10 Å². The summed E-state index contributed by atoms with van der Waals surface area (Å²) in [6.45, 7) is 4.53. The Balaban J connectivity index is 0.677. The van der Waals surface area contributed by atoms with Crippen LogP contribution in [0.5, 0.6) is 11.5 Å². The Kier molecular flexibility index (Phi) is 13.5. The minimum absolute atomic E-state index is 0.152. The van der Waals surface area contributed by atoms with E-state index in [0.717, 1.165) is 35.4 Å². The predicted octanol–water partition coefficient (Wildman–Crippen LogP) is 3.86. The summed E-state index contributed by atoms with van der Waals surface area (Å²) in [5, 5.41) is 19.7. The summed E-state index contributed by atoms with van der Waals surface area (Å²) in [6.07, 6.45) is 5.16. The molecular weight excluding hydrogens is 849 g/mol. The number of nitrogens with one attached hydrogen (secondary N) is 2. The average molecular weight is 899 g/mol. The Morgan fingerprint density at radius 3 is 2.44 bits per heavy atom. The van der Waals surface area contributed by atoms with Crippen molar-refractivity contribution >= 4 is 46.2 Å². The molecule has 0 aliphatic carbocycles. The first kappa shape index (κ1) is 43.9. The number of benzene rings is 3. The number of amides is 4. The number of hydrogen-bond donors (Lipinski definition) is 3. The molecule has 4 N–H and O–H groups in total. The molecule has 0 saturated carbocycles. The maximum atomic E-state index is 13.7. The van der Waals surface area contributed by atoms with E-state index in [1.165, 1.54) is 11.2 Å². The van der Waals surface area contributed by atoms with E-state index in [9.17, 15) is 19.2 Å². The normalized spacial score (nSPS) is 17.3. The molecule has 3 aliphatic rings. The van der Waals surface area contributed by atoms with Gasteiger partial charge in [-0.2, -0.15) is 5.10 Å². The van der Waals surface area contributed by atoms with Crippen molar-refractivity contribution in [1.29, 1.82) is 0 Å². The monoisotopic (exact) mass is 898 g/mol. The van der Waals surface area contributed by atoms with Crippen LogP contribution in [0.3, 0.4) is 0 Å². The van der Waals surface area contributed by atoms with E-state index in [0.29, 0.717) is 113 Å². The largest absolute Gasteiger partial charge is 0.457 e. The summed E-state index contributed by atoms with van der Waals surface area (Å²) in [7, 11) is 0. The fourth-order valence-corrected chi connectivity index (χ4v) is 8.47. The van der Waals surface area contributed by atoms with Crippen LogP contribution in [0.2, 0.25) is 0 Å². The number of imide groups is 1. The number of anilines is 2. The summed E-state index contributed by atoms with van der Waals surface area (Å²) < 4.78 is 26.5. The highest BCUT2D eigenvalue weighted by Crippen LogP contribution is 2.36. The molecule has 6 heterocycles. The number of nitrogens with zero attached hydrogens (tertiary/aromatic N) is 9. The minimum atomic E-state index is -0.659. The first-order valence-corrected chi connectivity index (χ1v) is 22.1. The van der Waals surface area contributed by atoms with E-state index in [4.69, 9.17) is 29.8 Å². The molecule has 3 aromatic heterocycles. The van der Waals surface area contributed by atoms with Gasteiger partial charge in [0.05, 0.1) is 63.8 Å². The molecule has 1 unspecified atom stereocenters. The second kappa shape index (κ2) is 20.3. The number of rotatable bonds is 19. The van der Waals surface area contributed by atoms with E-state index in [2.05, 4.69) is 30.9 Å². The number of nitrogens with two attached hydrogens (primary N) is 1. The molecule has 3 aliphatic heterocycles. The molecule has 2 fully saturated rings. The van der Waals surface area contributed by atoms with Crippen LogP contribution >= 0.6 is 0 Å². The van der Waals surface area contributed by atoms with Gasteiger partial charge in [-0.3, -0.25) is 24.5 Å². The van der Waals surface area contributed by atoms with Crippen LogP contribution in [-0.2, 0) is 36.9 Å². The number of para-hydroxylation sites is 1. The summed E-state index contributed by atoms with van der Waals surface area (Å²) in [5.74, 6) is 0.588. The molecule has 20 heteroatoms. The van der Waals surface area contributed by atoms with Crippen LogP contribution in [0.25, 0.3) is 22.3 Å². The van der Waals surface area contributed by atoms with Crippen molar-refractivity contribution in [2.75, 3.05) is 70.3 Å². The van der Waals surface area contributed by atoms with Crippen molar-refractivity contribution in [2.45, 2.75) is 50.9 Å². The van der Waals surface area contributed by atoms with Crippen molar-refractivity contribution in [3.8, 4) is 22.8 Å². The van der Waals surface area contributed by atoms with Crippen LogP contribution < -0.4 is 21.1 Å². The molecule has 9 rings (SSSR count). The fraction of sp³-hybridized carbons (Fsp3) is 0.370. The lowest BCUT2D eigenvalue weighted by Crippen LogP contribution is -2.52. The number of nitrogen functional groups attached to an aromatic ring is 1. The number of carbonyl (C=O) groups is 4. The van der Waals surface area contributed by atoms with Crippen LogP contribution in [0.4, 0.5) is 11.5 Å². The van der Waals surface area contributed by atoms with E-state index in [1.54, 1.807) is 27.9 Å². The summed E-state index contributed by atoms with van der Waals surface area (Å²) >= 11 is 0. The van der Waals surface area contributed by atoms with E-state index in [-0.39, 0.29) is 35.9 Å². The Hall–Kier alpha value is -7.29. The third kappa shape index (κ3) is 9.84. The highest BCUT2D eigenvalue weighted by molar-refractivity contribution is 6.06. The SMILES string of the molecule is Nc1ncnc2c1c(-c1ccc(Oc3ccccc3)cc1)nn2[C@@H]1CCCN(C(=O)c2cn(CCOCCOCCOCCNc3cccc4c3CN(C3CCC(=O)NC3=O)C4=O)nn2)C1. The fourth-order valence-electron chi connectivity index (χ4n) is 8.47. The third-order valence-corrected chi connectivity index (χ3v) is 11.8. The van der Waals surface area contributed by atoms with Gasteiger partial charge in [0.15, 0.2) is 11.3 Å². The molecule has 2 atom stereocenters. The maximum absolute atomic E-state index is 13.7. The Bertz CT molecular complexity index is 2690. The molecule has 0 radical (unpaired) electrons. The van der Waals surface area contributed by atoms with Crippen molar-refractivity contribution in [2.24, 2.45) is 0 Å². The van der Waals surface area contributed by atoms with Crippen LogP contribution in [0.15, 0.2) is 85.3 Å². The highest BCUT2D eigenvalue weighted by atomic mass is 16.5. The van der Waals surface area contributed by atoms with Gasteiger partial charge in [0.2, 0.25) is 11.8 Å². The van der Waals surface area contributed by atoms with Crippen LogP contribution in [0.1, 0.15) is 58.1 Å². The molecule has 342 valence electrons. The van der Waals surface area contributed by atoms with Crippen molar-refractivity contribution in [3.05, 3.63) is 102 Å². The van der Waals surface area contributed by atoms with Gasteiger partial charge >= 0.3 is 0 Å². The number of fused-ring (bicyclic) bond motifs is 2. The van der Waals surface area contributed by atoms with E-state index >= 15 is 0 Å². The van der Waals surface area contributed by atoms with Crippen molar-refractivity contribution in [3.63, 3.8) is 0 Å². The van der Waals surface area contributed by atoms with Crippen LogP contribution in [0, 0.1) is 0 Å². The molecule has 6 aromatic rings. The lowest BCUT2D eigenvalue weighted by Gasteiger charge is -2.32. The summed E-state index contributed by atoms with van der Waals surface area (Å²) in [6, 6.07) is 21.9. The second-order valence-corrected chi connectivity index (χ2v) is 16.1. The molecular formula is C46H50N12O8. The lowest BCUT2D eigenvalue weighted by molar-refractivity contribution is -0.136. The molecule has 20 nitrogen and oxygen atoms in total. The molecule has 0 bridgehead atoms. The van der Waals surface area contributed by atoms with Gasteiger partial charge < -0.3 is 39.8 Å². The Labute approximate surface area is 379 Å². The number of piperidine rings is 2. The zero-order valence-corrected chi connectivity index (χ0v) is 36.2. The average Bonchev–Trinajstić information content (AvgIpc) is 4.07. The van der Waals surface area contributed by atoms with Gasteiger partial charge in [0.1, 0.15) is 35.4 Å². The molecule has 66 heavy (non-hydrogen) atoms. The quantitative estimate of drug-likeness (QED) is 0.0774. The van der Waals surface area contributed by atoms with Gasteiger partial charge in [-0.25, -0.2) is 19.3 Å². The van der Waals surface area contributed by atoms with Gasteiger partial charge in [-0.05, 0) is 67.8 Å². The smallest absolute Gasteiger partial charge is 0.276 e. The van der Waals surface area contributed by atoms with E-state index < -0.39 is 11.9 Å². The lowest BCUT2D eigenvalue weighted by atomic mass is 10.0. The Morgan fingerprint density at radius 1 is 0.864 bits per heavy atom. The highest BCUT2D eigenvalue weighted by Gasteiger charge is 2.40. The molecule has 0 spiro atoms. The topological polar surface area (TPSA) is 236 Å². The van der Waals surface area contributed by atoms with E-state index in [1.807, 2.05) is 65.3 Å². The summed E-state index contributed by atoms with van der Waals surface area (Å²) in [4.78, 5) is 62.9. The Morgan fingerprint density at radius 2 is 1.64 bits per heavy atom. The second-order valence-electron chi connectivity index (χ2n) is 16.1. The number of hydrogen-bond acceptors (Lipinski definition) is 15. The zero-order valence-electron chi connectivity index (χ0n) is 36.2. The van der Waals surface area contributed by atoms with Crippen molar-refractivity contribution < 1.29 is 38.1 Å². The maximum Gasteiger partial charge on any atom is 0.276 e. The van der Waals surface area contributed by atoms with Gasteiger partial charge in [-0.1, -0.05) is 29.5 Å². The molecule has 2 saturated heterocycles. The third-order valence-electron chi connectivity index (χ3n) is 11.8. The minimum Gasteiger partial charge on any atom is -0.457 e. The molecule has 3 aromatic carbocycles. The zero-order chi connectivity index (χ0) is 45.4. The van der Waals surface area contributed by atoms with Crippen molar-refractivity contribution in [1.82, 2.24) is 49.9 Å². The predicted molar refractivity (Wildman–Crippen MR) is 239 cm³/mol. The molecule has 4 amide bonds. The van der Waals surface area contributed by atoms with Gasteiger partial charge in [0.25, 0.3) is 11.8 Å². The number of carbonyl (C=O) groups excluding carboxylic acids is 4. The number of likely N-dealkylation sites (tertiary alicyclic amines) is 1. The first-order chi connectivity index (χ1) is 32.3.